The Labute approximate surface area is 238 Å². The van der Waals surface area contributed by atoms with Crippen LogP contribution in [-0.4, -0.2) is 42.0 Å². The molecule has 204 valence electrons. The normalized spacial score (nSPS) is 15.5. The molecular formula is C32H35BrN2O4. The molecule has 1 N–H and O–H groups in total. The zero-order valence-electron chi connectivity index (χ0n) is 22.1. The van der Waals surface area contributed by atoms with Crippen LogP contribution in [0.25, 0.3) is 0 Å². The van der Waals surface area contributed by atoms with Crippen LogP contribution in [0.4, 0.5) is 0 Å². The van der Waals surface area contributed by atoms with E-state index >= 15 is 0 Å². The van der Waals surface area contributed by atoms with E-state index in [1.54, 1.807) is 4.90 Å². The number of hydrogen-bond acceptors (Lipinski definition) is 4. The largest absolute Gasteiger partial charge is 0.486 e. The van der Waals surface area contributed by atoms with E-state index in [9.17, 15) is 9.59 Å². The number of amides is 2. The van der Waals surface area contributed by atoms with Gasteiger partial charge in [-0.05, 0) is 60.2 Å². The minimum absolute atomic E-state index is 0.0460. The molecule has 1 fully saturated rings. The van der Waals surface area contributed by atoms with Crippen molar-refractivity contribution >= 4 is 27.7 Å². The fourth-order valence-electron chi connectivity index (χ4n) is 5.35. The van der Waals surface area contributed by atoms with E-state index in [-0.39, 0.29) is 24.3 Å². The van der Waals surface area contributed by atoms with Crippen LogP contribution in [-0.2, 0) is 29.0 Å². The third-order valence-corrected chi connectivity index (χ3v) is 8.00. The Hall–Kier alpha value is -3.32. The third-order valence-electron chi connectivity index (χ3n) is 7.47. The lowest BCUT2D eigenvalue weighted by atomic mass is 10.0. The van der Waals surface area contributed by atoms with Crippen LogP contribution in [0.3, 0.4) is 0 Å². The molecule has 1 aliphatic carbocycles. The Morgan fingerprint density at radius 2 is 1.56 bits per heavy atom. The number of halogens is 1. The Bertz CT molecular complexity index is 1260. The number of carbonyl (C=O) groups excluding carboxylic acids is 2. The molecule has 0 saturated heterocycles. The zero-order chi connectivity index (χ0) is 27.0. The van der Waals surface area contributed by atoms with Gasteiger partial charge in [-0.1, -0.05) is 77.3 Å². The molecule has 3 aromatic rings. The predicted molar refractivity (Wildman–Crippen MR) is 155 cm³/mol. The van der Waals surface area contributed by atoms with Crippen molar-refractivity contribution in [1.29, 1.82) is 0 Å². The van der Waals surface area contributed by atoms with E-state index in [1.165, 1.54) is 0 Å². The summed E-state index contributed by atoms with van der Waals surface area (Å²) in [6.45, 7) is 1.43. The Kier molecular flexibility index (Phi) is 9.19. The summed E-state index contributed by atoms with van der Waals surface area (Å²) in [5.74, 6) is 1.33. The first-order valence-electron chi connectivity index (χ1n) is 13.8. The summed E-state index contributed by atoms with van der Waals surface area (Å²) in [6, 6.07) is 23.3. The summed E-state index contributed by atoms with van der Waals surface area (Å²) in [7, 11) is 0. The van der Waals surface area contributed by atoms with Crippen molar-refractivity contribution in [3.63, 3.8) is 0 Å². The first-order valence-corrected chi connectivity index (χ1v) is 14.6. The van der Waals surface area contributed by atoms with E-state index in [4.69, 9.17) is 9.47 Å². The molecule has 1 saturated carbocycles. The van der Waals surface area contributed by atoms with Crippen molar-refractivity contribution in [2.45, 2.75) is 63.6 Å². The van der Waals surface area contributed by atoms with Crippen LogP contribution >= 0.6 is 15.9 Å². The van der Waals surface area contributed by atoms with Crippen LogP contribution in [0.1, 0.15) is 48.8 Å². The Balaban J connectivity index is 1.39. The highest BCUT2D eigenvalue weighted by molar-refractivity contribution is 9.10. The van der Waals surface area contributed by atoms with Gasteiger partial charge in [0.25, 0.3) is 0 Å². The molecule has 0 bridgehead atoms. The van der Waals surface area contributed by atoms with E-state index < -0.39 is 6.04 Å². The fourth-order valence-corrected chi connectivity index (χ4v) is 5.61. The average Bonchev–Trinajstić information content (AvgIpc) is 3.48. The van der Waals surface area contributed by atoms with Gasteiger partial charge in [-0.15, -0.1) is 0 Å². The third kappa shape index (κ3) is 7.41. The van der Waals surface area contributed by atoms with E-state index in [1.807, 2.05) is 72.8 Å². The van der Waals surface area contributed by atoms with E-state index in [2.05, 4.69) is 21.2 Å². The molecule has 6 nitrogen and oxygen atoms in total. The molecule has 3 aromatic carbocycles. The quantitative estimate of drug-likeness (QED) is 0.321. The molecular weight excluding hydrogens is 556 g/mol. The number of carbonyl (C=O) groups is 2. The first kappa shape index (κ1) is 27.3. The Morgan fingerprint density at radius 3 is 2.31 bits per heavy atom. The van der Waals surface area contributed by atoms with Crippen LogP contribution in [0.15, 0.2) is 77.3 Å². The van der Waals surface area contributed by atoms with Gasteiger partial charge in [0, 0.05) is 29.9 Å². The molecule has 5 rings (SSSR count). The van der Waals surface area contributed by atoms with Crippen molar-refractivity contribution in [3.05, 3.63) is 94.0 Å². The van der Waals surface area contributed by atoms with E-state index in [0.717, 1.165) is 58.3 Å². The maximum absolute atomic E-state index is 13.9. The number of ether oxygens (including phenoxy) is 2. The smallest absolute Gasteiger partial charge is 0.243 e. The van der Waals surface area contributed by atoms with Gasteiger partial charge in [-0.25, -0.2) is 0 Å². The highest BCUT2D eigenvalue weighted by Gasteiger charge is 2.32. The van der Waals surface area contributed by atoms with Crippen LogP contribution in [0.2, 0.25) is 0 Å². The van der Waals surface area contributed by atoms with Gasteiger partial charge in [-0.3, -0.25) is 9.59 Å². The number of fused-ring (bicyclic) bond motifs is 1. The first-order chi connectivity index (χ1) is 19.0. The monoisotopic (exact) mass is 590 g/mol. The average molecular weight is 592 g/mol. The highest BCUT2D eigenvalue weighted by Crippen LogP contribution is 2.31. The molecule has 7 heteroatoms. The highest BCUT2D eigenvalue weighted by atomic mass is 79.9. The maximum atomic E-state index is 13.9. The van der Waals surface area contributed by atoms with Gasteiger partial charge in [0.15, 0.2) is 11.5 Å². The van der Waals surface area contributed by atoms with Crippen LogP contribution < -0.4 is 14.8 Å². The lowest BCUT2D eigenvalue weighted by molar-refractivity contribution is -0.141. The van der Waals surface area contributed by atoms with Gasteiger partial charge in [-0.2, -0.15) is 0 Å². The van der Waals surface area contributed by atoms with Crippen LogP contribution in [0.5, 0.6) is 11.5 Å². The number of nitrogens with one attached hydrogen (secondary N) is 1. The van der Waals surface area contributed by atoms with Crippen molar-refractivity contribution in [3.8, 4) is 11.5 Å². The van der Waals surface area contributed by atoms with Gasteiger partial charge in [0.2, 0.25) is 11.8 Å². The molecule has 1 atom stereocenters. The van der Waals surface area contributed by atoms with Crippen molar-refractivity contribution in [2.75, 3.05) is 13.2 Å². The second-order valence-electron chi connectivity index (χ2n) is 10.3. The minimum atomic E-state index is -0.607. The lowest BCUT2D eigenvalue weighted by Gasteiger charge is -2.32. The number of rotatable bonds is 10. The maximum Gasteiger partial charge on any atom is 0.243 e. The zero-order valence-corrected chi connectivity index (χ0v) is 23.7. The second kappa shape index (κ2) is 13.2. The van der Waals surface area contributed by atoms with Crippen molar-refractivity contribution in [1.82, 2.24) is 10.2 Å². The van der Waals surface area contributed by atoms with Gasteiger partial charge < -0.3 is 19.7 Å². The standard InChI is InChI=1S/C32H35BrN2O4/c33-26-14-10-25(11-15-26)22-35(31(36)17-13-24-12-16-29-30(21-24)39-19-18-38-29)28(20-23-6-2-1-3-7-23)32(37)34-27-8-4-5-9-27/h1-3,6-7,10-12,14-16,21,27-28H,4-5,8-9,13,17-20,22H2,(H,34,37). The minimum Gasteiger partial charge on any atom is -0.486 e. The molecule has 2 aliphatic rings. The van der Waals surface area contributed by atoms with Crippen molar-refractivity contribution in [2.24, 2.45) is 0 Å². The molecule has 0 radical (unpaired) electrons. The SMILES string of the molecule is O=C(NC1CCCC1)C(Cc1ccccc1)N(Cc1ccc(Br)cc1)C(=O)CCc1ccc2c(c1)OCCO2. The molecule has 2 amide bonds. The summed E-state index contributed by atoms with van der Waals surface area (Å²) in [5, 5.41) is 3.27. The number of hydrogen-bond donors (Lipinski definition) is 1. The summed E-state index contributed by atoms with van der Waals surface area (Å²) < 4.78 is 12.3. The van der Waals surface area contributed by atoms with Crippen molar-refractivity contribution < 1.29 is 19.1 Å². The lowest BCUT2D eigenvalue weighted by Crippen LogP contribution is -2.52. The topological polar surface area (TPSA) is 67.9 Å². The Morgan fingerprint density at radius 1 is 0.872 bits per heavy atom. The molecule has 0 aromatic heterocycles. The summed E-state index contributed by atoms with van der Waals surface area (Å²) in [5.41, 5.74) is 3.02. The molecule has 0 spiro atoms. The van der Waals surface area contributed by atoms with Crippen LogP contribution in [0, 0.1) is 0 Å². The summed E-state index contributed by atoms with van der Waals surface area (Å²) >= 11 is 3.50. The van der Waals surface area contributed by atoms with Gasteiger partial charge in [0.1, 0.15) is 19.3 Å². The number of nitrogens with zero attached hydrogens (tertiary/aromatic N) is 1. The number of aryl methyl sites for hydroxylation is 1. The molecule has 1 unspecified atom stereocenters. The molecule has 1 aliphatic heterocycles. The van der Waals surface area contributed by atoms with E-state index in [0.29, 0.717) is 32.6 Å². The molecule has 1 heterocycles. The number of benzene rings is 3. The predicted octanol–water partition coefficient (Wildman–Crippen LogP) is 5.85. The van der Waals surface area contributed by atoms with Gasteiger partial charge >= 0.3 is 0 Å². The fraction of sp³-hybridized carbons (Fsp3) is 0.375. The summed E-state index contributed by atoms with van der Waals surface area (Å²) in [4.78, 5) is 29.5. The summed E-state index contributed by atoms with van der Waals surface area (Å²) in [6.07, 6.45) is 5.55. The van der Waals surface area contributed by atoms with Gasteiger partial charge in [0.05, 0.1) is 0 Å². The molecule has 39 heavy (non-hydrogen) atoms. The second-order valence-corrected chi connectivity index (χ2v) is 11.2.